The molecule has 2 unspecified atom stereocenters. The van der Waals surface area contributed by atoms with E-state index in [1.165, 1.54) is 0 Å². The summed E-state index contributed by atoms with van der Waals surface area (Å²) in [6, 6.07) is 0. The fourth-order valence-corrected chi connectivity index (χ4v) is 3.36. The van der Waals surface area contributed by atoms with Gasteiger partial charge >= 0.3 is 0 Å². The molecule has 0 radical (unpaired) electrons. The predicted molar refractivity (Wildman–Crippen MR) is 65.3 cm³/mol. The van der Waals surface area contributed by atoms with Gasteiger partial charge in [0, 0.05) is 24.9 Å². The van der Waals surface area contributed by atoms with Crippen LogP contribution < -0.4 is 4.72 Å². The second-order valence-electron chi connectivity index (χ2n) is 4.08. The monoisotopic (exact) mass is 269 g/mol. The van der Waals surface area contributed by atoms with E-state index in [4.69, 9.17) is 16.3 Å². The first-order valence-corrected chi connectivity index (χ1v) is 7.92. The minimum absolute atomic E-state index is 0.112. The molecule has 1 rings (SSSR count). The predicted octanol–water partition coefficient (Wildman–Crippen LogP) is 1.35. The fraction of sp³-hybridized carbons (Fsp3) is 1.00. The summed E-state index contributed by atoms with van der Waals surface area (Å²) in [7, 11) is -3.15. The maximum absolute atomic E-state index is 11.5. The van der Waals surface area contributed by atoms with Gasteiger partial charge in [0.2, 0.25) is 10.0 Å². The van der Waals surface area contributed by atoms with Crippen molar-refractivity contribution in [3.8, 4) is 0 Å². The Morgan fingerprint density at radius 1 is 1.50 bits per heavy atom. The lowest BCUT2D eigenvalue weighted by Crippen LogP contribution is -2.34. The van der Waals surface area contributed by atoms with E-state index in [-0.39, 0.29) is 11.9 Å². The summed E-state index contributed by atoms with van der Waals surface area (Å²) in [5.41, 5.74) is 0. The van der Waals surface area contributed by atoms with E-state index >= 15 is 0 Å². The molecular formula is C10H20ClNO3S. The first-order valence-electron chi connectivity index (χ1n) is 5.74. The van der Waals surface area contributed by atoms with Gasteiger partial charge in [0.1, 0.15) is 0 Å². The molecule has 1 saturated heterocycles. The lowest BCUT2D eigenvalue weighted by atomic mass is 10.0. The Balaban J connectivity index is 2.33. The van der Waals surface area contributed by atoms with Crippen molar-refractivity contribution in [2.24, 2.45) is 5.92 Å². The normalized spacial score (nSPS) is 26.1. The molecule has 2 atom stereocenters. The first-order chi connectivity index (χ1) is 7.59. The standard InChI is InChI=1S/C10H20ClNO3S/c1-2-10-9(4-6-15-10)8-12-16(13,14)7-3-5-11/h9-10,12H,2-8H2,1H3. The van der Waals surface area contributed by atoms with Crippen molar-refractivity contribution in [2.45, 2.75) is 32.3 Å². The van der Waals surface area contributed by atoms with E-state index in [1.54, 1.807) is 0 Å². The fourth-order valence-electron chi connectivity index (χ4n) is 1.93. The van der Waals surface area contributed by atoms with Gasteiger partial charge in [-0.25, -0.2) is 13.1 Å². The minimum atomic E-state index is -3.15. The smallest absolute Gasteiger partial charge is 0.211 e. The van der Waals surface area contributed by atoms with Crippen LogP contribution in [0.1, 0.15) is 26.2 Å². The van der Waals surface area contributed by atoms with Gasteiger partial charge in [-0.1, -0.05) is 6.92 Å². The van der Waals surface area contributed by atoms with E-state index in [9.17, 15) is 8.42 Å². The summed E-state index contributed by atoms with van der Waals surface area (Å²) in [6.07, 6.45) is 2.58. The number of sulfonamides is 1. The Labute approximate surface area is 103 Å². The number of alkyl halides is 1. The Kier molecular flexibility index (Phi) is 6.03. The molecule has 16 heavy (non-hydrogen) atoms. The van der Waals surface area contributed by atoms with Gasteiger partial charge in [-0.05, 0) is 19.3 Å². The van der Waals surface area contributed by atoms with Gasteiger partial charge in [0.25, 0.3) is 0 Å². The zero-order valence-electron chi connectivity index (χ0n) is 9.62. The SMILES string of the molecule is CCC1OCCC1CNS(=O)(=O)CCCCl. The van der Waals surface area contributed by atoms with Crippen molar-refractivity contribution in [3.63, 3.8) is 0 Å². The number of ether oxygens (including phenoxy) is 1. The average molecular weight is 270 g/mol. The van der Waals surface area contributed by atoms with Crippen LogP contribution in [0.2, 0.25) is 0 Å². The first kappa shape index (κ1) is 14.2. The Hall–Kier alpha value is 0.160. The third-order valence-electron chi connectivity index (χ3n) is 2.86. The van der Waals surface area contributed by atoms with Crippen molar-refractivity contribution in [3.05, 3.63) is 0 Å². The molecule has 0 amide bonds. The van der Waals surface area contributed by atoms with Crippen LogP contribution in [0.4, 0.5) is 0 Å². The van der Waals surface area contributed by atoms with Gasteiger partial charge in [-0.15, -0.1) is 11.6 Å². The van der Waals surface area contributed by atoms with Crippen LogP contribution in [0.25, 0.3) is 0 Å². The number of hydrogen-bond acceptors (Lipinski definition) is 3. The molecular weight excluding hydrogens is 250 g/mol. The van der Waals surface area contributed by atoms with E-state index in [2.05, 4.69) is 11.6 Å². The number of halogens is 1. The summed E-state index contributed by atoms with van der Waals surface area (Å²) < 4.78 is 31.2. The average Bonchev–Trinajstić information content (AvgIpc) is 2.71. The van der Waals surface area contributed by atoms with Crippen LogP contribution >= 0.6 is 11.6 Å². The van der Waals surface area contributed by atoms with Crippen LogP contribution in [-0.4, -0.2) is 39.3 Å². The van der Waals surface area contributed by atoms with E-state index < -0.39 is 10.0 Å². The van der Waals surface area contributed by atoms with Gasteiger partial charge in [-0.3, -0.25) is 0 Å². The Bertz CT molecular complexity index is 294. The molecule has 0 bridgehead atoms. The molecule has 1 aliphatic heterocycles. The molecule has 1 aliphatic rings. The largest absolute Gasteiger partial charge is 0.378 e. The highest BCUT2D eigenvalue weighted by atomic mass is 35.5. The molecule has 0 saturated carbocycles. The number of hydrogen-bond donors (Lipinski definition) is 1. The molecule has 0 aromatic heterocycles. The van der Waals surface area contributed by atoms with Crippen molar-refractivity contribution < 1.29 is 13.2 Å². The molecule has 0 aromatic carbocycles. The maximum atomic E-state index is 11.5. The molecule has 0 aromatic rings. The van der Waals surface area contributed by atoms with Crippen LogP contribution in [0.15, 0.2) is 0 Å². The van der Waals surface area contributed by atoms with Gasteiger partial charge < -0.3 is 4.74 Å². The minimum Gasteiger partial charge on any atom is -0.378 e. The molecule has 1 fully saturated rings. The Morgan fingerprint density at radius 2 is 2.25 bits per heavy atom. The van der Waals surface area contributed by atoms with Crippen molar-refractivity contribution in [1.82, 2.24) is 4.72 Å². The quantitative estimate of drug-likeness (QED) is 0.710. The highest BCUT2D eigenvalue weighted by Gasteiger charge is 2.27. The van der Waals surface area contributed by atoms with Gasteiger partial charge in [-0.2, -0.15) is 0 Å². The summed E-state index contributed by atoms with van der Waals surface area (Å²) in [6.45, 7) is 3.29. The summed E-state index contributed by atoms with van der Waals surface area (Å²) in [5, 5.41) is 0. The number of nitrogens with one attached hydrogen (secondary N) is 1. The van der Waals surface area contributed by atoms with Crippen LogP contribution in [0, 0.1) is 5.92 Å². The van der Waals surface area contributed by atoms with E-state index in [1.807, 2.05) is 0 Å². The van der Waals surface area contributed by atoms with Gasteiger partial charge in [0.15, 0.2) is 0 Å². The molecule has 6 heteroatoms. The maximum Gasteiger partial charge on any atom is 0.211 e. The Morgan fingerprint density at radius 3 is 2.88 bits per heavy atom. The van der Waals surface area contributed by atoms with Crippen molar-refractivity contribution in [1.29, 1.82) is 0 Å². The zero-order valence-corrected chi connectivity index (χ0v) is 11.2. The van der Waals surface area contributed by atoms with Crippen molar-refractivity contribution >= 4 is 21.6 Å². The molecule has 1 N–H and O–H groups in total. The molecule has 96 valence electrons. The third-order valence-corrected chi connectivity index (χ3v) is 4.56. The summed E-state index contributed by atoms with van der Waals surface area (Å²) in [5.74, 6) is 0.808. The second kappa shape index (κ2) is 6.79. The molecule has 4 nitrogen and oxygen atoms in total. The van der Waals surface area contributed by atoms with Crippen LogP contribution in [0.5, 0.6) is 0 Å². The zero-order chi connectivity index (χ0) is 12.0. The highest BCUT2D eigenvalue weighted by Crippen LogP contribution is 2.22. The highest BCUT2D eigenvalue weighted by molar-refractivity contribution is 7.89. The third kappa shape index (κ3) is 4.57. The van der Waals surface area contributed by atoms with Crippen LogP contribution in [-0.2, 0) is 14.8 Å². The van der Waals surface area contributed by atoms with Gasteiger partial charge in [0.05, 0.1) is 11.9 Å². The van der Waals surface area contributed by atoms with Crippen molar-refractivity contribution in [2.75, 3.05) is 24.8 Å². The van der Waals surface area contributed by atoms with E-state index in [0.29, 0.717) is 24.8 Å². The molecule has 0 aliphatic carbocycles. The summed E-state index contributed by atoms with van der Waals surface area (Å²) in [4.78, 5) is 0. The number of rotatable bonds is 7. The topological polar surface area (TPSA) is 55.4 Å². The molecule has 0 spiro atoms. The van der Waals surface area contributed by atoms with E-state index in [0.717, 1.165) is 19.4 Å². The molecule has 1 heterocycles. The lowest BCUT2D eigenvalue weighted by Gasteiger charge is -2.17. The summed E-state index contributed by atoms with van der Waals surface area (Å²) >= 11 is 5.47. The second-order valence-corrected chi connectivity index (χ2v) is 6.38. The van der Waals surface area contributed by atoms with Crippen LogP contribution in [0.3, 0.4) is 0 Å². The lowest BCUT2D eigenvalue weighted by molar-refractivity contribution is 0.0884.